The third-order valence-corrected chi connectivity index (χ3v) is 4.82. The summed E-state index contributed by atoms with van der Waals surface area (Å²) in [6.45, 7) is 3.20. The average Bonchev–Trinajstić information content (AvgIpc) is 2.71. The minimum absolute atomic E-state index is 0.0653. The number of carbonyl (C=O) groups excluding carboxylic acids is 3. The van der Waals surface area contributed by atoms with E-state index in [-0.39, 0.29) is 17.7 Å². The first kappa shape index (κ1) is 27.6. The van der Waals surface area contributed by atoms with Crippen molar-refractivity contribution in [3.05, 3.63) is 0 Å². The standard InChI is InChI=1S/C18H39N7O3S/c1-12(5-2-8-19)23-17(27)14(6-3-9-20)25-18(28)15(7-4-10-21)24-16(26)13(22)11-29/h12-15,29H,2-11,19-22H2,1H3,(H,23,27)(H,24,26)(H,25,28)/t12-,13?,14?,15?/m1/s1. The van der Waals surface area contributed by atoms with Crippen molar-refractivity contribution in [3.63, 3.8) is 0 Å². The van der Waals surface area contributed by atoms with E-state index >= 15 is 0 Å². The molecule has 0 aliphatic carbocycles. The molecule has 3 amide bonds. The van der Waals surface area contributed by atoms with Crippen LogP contribution in [0.3, 0.4) is 0 Å². The van der Waals surface area contributed by atoms with Crippen LogP contribution in [0.1, 0.15) is 45.4 Å². The summed E-state index contributed by atoms with van der Waals surface area (Å²) in [7, 11) is 0. The van der Waals surface area contributed by atoms with Crippen molar-refractivity contribution in [1.82, 2.24) is 16.0 Å². The van der Waals surface area contributed by atoms with Crippen molar-refractivity contribution in [2.24, 2.45) is 22.9 Å². The molecule has 0 saturated carbocycles. The highest BCUT2D eigenvalue weighted by molar-refractivity contribution is 7.80. The van der Waals surface area contributed by atoms with Gasteiger partial charge < -0.3 is 38.9 Å². The van der Waals surface area contributed by atoms with Crippen molar-refractivity contribution >= 4 is 30.4 Å². The van der Waals surface area contributed by atoms with E-state index in [1.165, 1.54) is 0 Å². The lowest BCUT2D eigenvalue weighted by atomic mass is 10.1. The Kier molecular flexibility index (Phi) is 15.6. The van der Waals surface area contributed by atoms with Crippen molar-refractivity contribution in [2.45, 2.75) is 69.6 Å². The van der Waals surface area contributed by atoms with E-state index in [9.17, 15) is 14.4 Å². The van der Waals surface area contributed by atoms with E-state index in [4.69, 9.17) is 22.9 Å². The third-order valence-electron chi connectivity index (χ3n) is 4.42. The Hall–Kier alpha value is -1.40. The highest BCUT2D eigenvalue weighted by Crippen LogP contribution is 2.04. The number of hydrogen-bond acceptors (Lipinski definition) is 8. The molecule has 0 fully saturated rings. The summed E-state index contributed by atoms with van der Waals surface area (Å²) in [5, 5.41) is 8.25. The van der Waals surface area contributed by atoms with Crippen LogP contribution in [0.4, 0.5) is 0 Å². The number of thiol groups is 1. The number of amides is 3. The molecule has 0 aromatic rings. The molecule has 3 unspecified atom stereocenters. The van der Waals surface area contributed by atoms with Gasteiger partial charge in [0.05, 0.1) is 6.04 Å². The van der Waals surface area contributed by atoms with Crippen molar-refractivity contribution in [3.8, 4) is 0 Å². The monoisotopic (exact) mass is 433 g/mol. The van der Waals surface area contributed by atoms with Gasteiger partial charge in [-0.05, 0) is 65.1 Å². The summed E-state index contributed by atoms with van der Waals surface area (Å²) in [5.74, 6) is -1.06. The first-order valence-electron chi connectivity index (χ1n) is 10.2. The van der Waals surface area contributed by atoms with Crippen LogP contribution in [-0.2, 0) is 14.4 Å². The molecule has 10 nitrogen and oxygen atoms in total. The zero-order chi connectivity index (χ0) is 22.2. The second-order valence-corrected chi connectivity index (χ2v) is 7.48. The molecule has 0 aliphatic rings. The minimum atomic E-state index is -0.833. The fourth-order valence-electron chi connectivity index (χ4n) is 2.66. The normalized spacial score (nSPS) is 15.1. The van der Waals surface area contributed by atoms with E-state index < -0.39 is 29.9 Å². The Bertz CT molecular complexity index is 496. The van der Waals surface area contributed by atoms with Crippen LogP contribution in [-0.4, -0.2) is 67.3 Å². The zero-order valence-electron chi connectivity index (χ0n) is 17.4. The molecule has 11 heteroatoms. The van der Waals surface area contributed by atoms with Gasteiger partial charge in [-0.15, -0.1) is 0 Å². The van der Waals surface area contributed by atoms with E-state index in [1.807, 2.05) is 6.92 Å². The van der Waals surface area contributed by atoms with Gasteiger partial charge in [-0.25, -0.2) is 0 Å². The van der Waals surface area contributed by atoms with Gasteiger partial charge in [-0.1, -0.05) is 0 Å². The molecule has 4 atom stereocenters. The summed E-state index contributed by atoms with van der Waals surface area (Å²) < 4.78 is 0. The maximum Gasteiger partial charge on any atom is 0.243 e. The highest BCUT2D eigenvalue weighted by Gasteiger charge is 2.27. The first-order valence-corrected chi connectivity index (χ1v) is 10.8. The van der Waals surface area contributed by atoms with Crippen molar-refractivity contribution in [1.29, 1.82) is 0 Å². The van der Waals surface area contributed by atoms with E-state index in [0.717, 1.165) is 12.8 Å². The molecule has 170 valence electrons. The van der Waals surface area contributed by atoms with Crippen LogP contribution in [0.25, 0.3) is 0 Å². The Labute approximate surface area is 179 Å². The SMILES string of the molecule is C[C@H](CCCN)NC(=O)C(CCCN)NC(=O)C(CCCN)NC(=O)C(N)CS. The zero-order valence-corrected chi connectivity index (χ0v) is 18.3. The maximum atomic E-state index is 12.8. The van der Waals surface area contributed by atoms with E-state index in [0.29, 0.717) is 45.3 Å². The minimum Gasteiger partial charge on any atom is -0.352 e. The summed E-state index contributed by atoms with van der Waals surface area (Å²) in [6.07, 6.45) is 3.37. The van der Waals surface area contributed by atoms with Crippen LogP contribution in [0.15, 0.2) is 0 Å². The van der Waals surface area contributed by atoms with Crippen LogP contribution in [0.2, 0.25) is 0 Å². The van der Waals surface area contributed by atoms with E-state index in [2.05, 4.69) is 28.6 Å². The van der Waals surface area contributed by atoms with Crippen LogP contribution >= 0.6 is 12.6 Å². The smallest absolute Gasteiger partial charge is 0.243 e. The van der Waals surface area contributed by atoms with Gasteiger partial charge in [0.15, 0.2) is 0 Å². The van der Waals surface area contributed by atoms with E-state index in [1.54, 1.807) is 0 Å². The summed E-state index contributed by atoms with van der Waals surface area (Å²) >= 11 is 4.00. The molecule has 11 N–H and O–H groups in total. The Morgan fingerprint density at radius 1 is 0.759 bits per heavy atom. The fourth-order valence-corrected chi connectivity index (χ4v) is 2.82. The van der Waals surface area contributed by atoms with Crippen LogP contribution < -0.4 is 38.9 Å². The number of carbonyl (C=O) groups is 3. The lowest BCUT2D eigenvalue weighted by Gasteiger charge is -2.25. The lowest BCUT2D eigenvalue weighted by molar-refractivity contribution is -0.132. The number of nitrogens with one attached hydrogen (secondary N) is 3. The molecular formula is C18H39N7O3S. The van der Waals surface area contributed by atoms with Crippen molar-refractivity contribution < 1.29 is 14.4 Å². The number of rotatable bonds is 16. The molecule has 0 rings (SSSR count). The molecule has 29 heavy (non-hydrogen) atoms. The first-order chi connectivity index (χ1) is 13.8. The quantitative estimate of drug-likeness (QED) is 0.128. The molecule has 0 aromatic heterocycles. The summed E-state index contributed by atoms with van der Waals surface area (Å²) in [5.41, 5.74) is 22.3. The molecule has 0 aliphatic heterocycles. The molecular weight excluding hydrogens is 394 g/mol. The van der Waals surface area contributed by atoms with Gasteiger partial charge in [0, 0.05) is 11.8 Å². The Morgan fingerprint density at radius 3 is 1.62 bits per heavy atom. The fraction of sp³-hybridized carbons (Fsp3) is 0.833. The number of hydrogen-bond donors (Lipinski definition) is 8. The summed E-state index contributed by atoms with van der Waals surface area (Å²) in [4.78, 5) is 37.5. The van der Waals surface area contributed by atoms with Gasteiger partial charge in [0.1, 0.15) is 12.1 Å². The topological polar surface area (TPSA) is 191 Å². The van der Waals surface area contributed by atoms with Crippen LogP contribution in [0, 0.1) is 0 Å². The van der Waals surface area contributed by atoms with Gasteiger partial charge in [-0.2, -0.15) is 12.6 Å². The predicted molar refractivity (Wildman–Crippen MR) is 118 cm³/mol. The lowest BCUT2D eigenvalue weighted by Crippen LogP contribution is -2.56. The van der Waals surface area contributed by atoms with Crippen molar-refractivity contribution in [2.75, 3.05) is 25.4 Å². The molecule has 0 heterocycles. The predicted octanol–water partition coefficient (Wildman–Crippen LogP) is -2.07. The third kappa shape index (κ3) is 12.0. The molecule has 0 radical (unpaired) electrons. The second kappa shape index (κ2) is 16.4. The molecule has 0 spiro atoms. The number of nitrogens with two attached hydrogens (primary N) is 4. The Balaban J connectivity index is 5.09. The van der Waals surface area contributed by atoms with Gasteiger partial charge >= 0.3 is 0 Å². The summed E-state index contributed by atoms with van der Waals surface area (Å²) in [6, 6.07) is -2.47. The average molecular weight is 434 g/mol. The molecule has 0 aromatic carbocycles. The Morgan fingerprint density at radius 2 is 1.17 bits per heavy atom. The maximum absolute atomic E-state index is 12.8. The van der Waals surface area contributed by atoms with Crippen LogP contribution in [0.5, 0.6) is 0 Å². The van der Waals surface area contributed by atoms with Gasteiger partial charge in [0.2, 0.25) is 17.7 Å². The van der Waals surface area contributed by atoms with Gasteiger partial charge in [0.25, 0.3) is 0 Å². The highest BCUT2D eigenvalue weighted by atomic mass is 32.1. The van der Waals surface area contributed by atoms with Gasteiger partial charge in [-0.3, -0.25) is 14.4 Å². The molecule has 0 bridgehead atoms. The second-order valence-electron chi connectivity index (χ2n) is 7.11. The molecule has 0 saturated heterocycles. The largest absolute Gasteiger partial charge is 0.352 e.